The first-order valence-corrected chi connectivity index (χ1v) is 8.13. The average Bonchev–Trinajstić information content (AvgIpc) is 2.43. The normalized spacial score (nSPS) is 14.4. The first-order chi connectivity index (χ1) is 11.1. The van der Waals surface area contributed by atoms with Gasteiger partial charge >= 0.3 is 0 Å². The van der Waals surface area contributed by atoms with E-state index in [1.807, 2.05) is 41.5 Å². The van der Waals surface area contributed by atoms with Crippen LogP contribution in [0, 0.1) is 0 Å². The van der Waals surface area contributed by atoms with E-state index in [1.165, 1.54) is 14.2 Å². The molecule has 0 rings (SSSR count). The maximum atomic E-state index is 5.45. The van der Waals surface area contributed by atoms with Crippen LogP contribution in [0.2, 0.25) is 0 Å². The smallest absolute Gasteiger partial charge is 0.237 e. The van der Waals surface area contributed by atoms with Gasteiger partial charge in [0.2, 0.25) is 0 Å². The second kappa shape index (κ2) is 12.1. The lowest BCUT2D eigenvalue weighted by Crippen LogP contribution is -2.36. The van der Waals surface area contributed by atoms with Crippen molar-refractivity contribution in [3.8, 4) is 0 Å². The molecule has 0 bridgehead atoms. The highest BCUT2D eigenvalue weighted by Gasteiger charge is 2.29. The first-order valence-electron chi connectivity index (χ1n) is 8.13. The largest absolute Gasteiger partial charge is 0.253 e. The molecule has 0 N–H and O–H groups in total. The van der Waals surface area contributed by atoms with Crippen molar-refractivity contribution >= 4 is 0 Å². The molecular formula is C16H34O8. The van der Waals surface area contributed by atoms with E-state index in [9.17, 15) is 0 Å². The number of unbranched alkanes of at least 4 members (excludes halogenated alkanes) is 1. The monoisotopic (exact) mass is 354 g/mol. The summed E-state index contributed by atoms with van der Waals surface area (Å²) in [6, 6.07) is 0. The van der Waals surface area contributed by atoms with Crippen molar-refractivity contribution in [1.29, 1.82) is 0 Å². The molecule has 1 unspecified atom stereocenters. The van der Waals surface area contributed by atoms with Crippen molar-refractivity contribution < 1.29 is 39.1 Å². The maximum Gasteiger partial charge on any atom is 0.253 e. The van der Waals surface area contributed by atoms with Gasteiger partial charge in [-0.05, 0) is 60.8 Å². The Labute approximate surface area is 145 Å². The van der Waals surface area contributed by atoms with Crippen molar-refractivity contribution in [3.05, 3.63) is 0 Å². The van der Waals surface area contributed by atoms with Gasteiger partial charge in [0.25, 0.3) is 6.29 Å². The summed E-state index contributed by atoms with van der Waals surface area (Å²) in [5, 5.41) is 0. The summed E-state index contributed by atoms with van der Waals surface area (Å²) < 4.78 is 0. The van der Waals surface area contributed by atoms with E-state index in [-0.39, 0.29) is 5.60 Å². The van der Waals surface area contributed by atoms with Gasteiger partial charge in [0, 0.05) is 0 Å². The van der Waals surface area contributed by atoms with Crippen LogP contribution in [0.25, 0.3) is 0 Å². The van der Waals surface area contributed by atoms with Crippen LogP contribution in [-0.2, 0) is 39.1 Å². The third-order valence-electron chi connectivity index (χ3n) is 2.38. The molecule has 0 amide bonds. The lowest BCUT2D eigenvalue weighted by molar-refractivity contribution is -0.495. The molecule has 1 atom stereocenters. The van der Waals surface area contributed by atoms with Gasteiger partial charge in [0.1, 0.15) is 6.10 Å². The molecule has 0 aromatic rings. The standard InChI is InChI=1S/C16H34O8/c1-15(2,3)23-19-12-10-9-11-13(20-24-16(4,5)6)14(21-17-7)22-18-8/h13-14H,9-12H2,1-8H3. The molecule has 0 aliphatic carbocycles. The molecule has 0 saturated heterocycles. The fourth-order valence-corrected chi connectivity index (χ4v) is 1.49. The molecule has 8 heteroatoms. The maximum absolute atomic E-state index is 5.45. The molecule has 146 valence electrons. The van der Waals surface area contributed by atoms with E-state index >= 15 is 0 Å². The third-order valence-corrected chi connectivity index (χ3v) is 2.38. The van der Waals surface area contributed by atoms with Gasteiger partial charge in [0.05, 0.1) is 32.0 Å². The van der Waals surface area contributed by atoms with Crippen LogP contribution < -0.4 is 0 Å². The van der Waals surface area contributed by atoms with Crippen LogP contribution >= 0.6 is 0 Å². The summed E-state index contributed by atoms with van der Waals surface area (Å²) >= 11 is 0. The predicted octanol–water partition coefficient (Wildman–Crippen LogP) is 3.50. The van der Waals surface area contributed by atoms with Gasteiger partial charge in [0.15, 0.2) is 0 Å². The van der Waals surface area contributed by atoms with E-state index in [4.69, 9.17) is 29.3 Å². The number of hydrogen-bond acceptors (Lipinski definition) is 8. The second-order valence-corrected chi connectivity index (χ2v) is 7.24. The Morgan fingerprint density at radius 1 is 0.708 bits per heavy atom. The van der Waals surface area contributed by atoms with Gasteiger partial charge < -0.3 is 0 Å². The summed E-state index contributed by atoms with van der Waals surface area (Å²) in [6.07, 6.45) is 0.731. The van der Waals surface area contributed by atoms with Gasteiger partial charge in [-0.1, -0.05) is 0 Å². The average molecular weight is 354 g/mol. The molecule has 0 aliphatic rings. The van der Waals surface area contributed by atoms with Crippen LogP contribution in [0.1, 0.15) is 60.8 Å². The Morgan fingerprint density at radius 3 is 1.71 bits per heavy atom. The minimum Gasteiger partial charge on any atom is -0.237 e. The molecule has 0 radical (unpaired) electrons. The molecule has 0 saturated carbocycles. The zero-order chi connectivity index (χ0) is 18.6. The summed E-state index contributed by atoms with van der Waals surface area (Å²) in [6.45, 7) is 11.9. The topological polar surface area (TPSA) is 73.8 Å². The summed E-state index contributed by atoms with van der Waals surface area (Å²) in [4.78, 5) is 40.6. The molecule has 0 spiro atoms. The lowest BCUT2D eigenvalue weighted by atomic mass is 10.1. The number of rotatable bonds is 13. The molecule has 0 aliphatic heterocycles. The van der Waals surface area contributed by atoms with Gasteiger partial charge in [-0.15, -0.1) is 0 Å². The predicted molar refractivity (Wildman–Crippen MR) is 86.3 cm³/mol. The lowest BCUT2D eigenvalue weighted by Gasteiger charge is -2.27. The van der Waals surface area contributed by atoms with Crippen LogP contribution in [0.15, 0.2) is 0 Å². The van der Waals surface area contributed by atoms with E-state index in [0.29, 0.717) is 13.0 Å². The third kappa shape index (κ3) is 14.1. The van der Waals surface area contributed by atoms with Crippen molar-refractivity contribution in [3.63, 3.8) is 0 Å². The molecule has 0 aromatic heterocycles. The summed E-state index contributed by atoms with van der Waals surface area (Å²) in [7, 11) is 2.76. The van der Waals surface area contributed by atoms with Gasteiger partial charge in [-0.2, -0.15) is 9.78 Å². The van der Waals surface area contributed by atoms with Crippen molar-refractivity contribution in [2.24, 2.45) is 0 Å². The van der Waals surface area contributed by atoms with Crippen LogP contribution in [0.4, 0.5) is 0 Å². The molecular weight excluding hydrogens is 320 g/mol. The van der Waals surface area contributed by atoms with Crippen molar-refractivity contribution in [2.75, 3.05) is 20.8 Å². The Hall–Kier alpha value is -0.320. The first kappa shape index (κ1) is 23.7. The molecule has 0 heterocycles. The van der Waals surface area contributed by atoms with E-state index in [1.54, 1.807) is 0 Å². The van der Waals surface area contributed by atoms with Crippen molar-refractivity contribution in [2.45, 2.75) is 84.4 Å². The minimum atomic E-state index is -0.880. The van der Waals surface area contributed by atoms with E-state index in [2.05, 4.69) is 9.78 Å². The van der Waals surface area contributed by atoms with E-state index in [0.717, 1.165) is 12.8 Å². The Bertz CT molecular complexity index is 291. The SMILES string of the molecule is COOC(OOC)C(CCCCOOC(C)(C)C)OOC(C)(C)C. The number of hydrogen-bond donors (Lipinski definition) is 0. The second-order valence-electron chi connectivity index (χ2n) is 7.24. The quantitative estimate of drug-likeness (QED) is 0.215. The molecule has 8 nitrogen and oxygen atoms in total. The molecule has 0 fully saturated rings. The fourth-order valence-electron chi connectivity index (χ4n) is 1.49. The molecule has 0 aromatic carbocycles. The zero-order valence-electron chi connectivity index (χ0n) is 16.2. The van der Waals surface area contributed by atoms with Crippen molar-refractivity contribution in [1.82, 2.24) is 0 Å². The van der Waals surface area contributed by atoms with Crippen LogP contribution in [0.3, 0.4) is 0 Å². The van der Waals surface area contributed by atoms with Gasteiger partial charge in [-0.25, -0.2) is 29.3 Å². The Kier molecular flexibility index (Phi) is 11.9. The summed E-state index contributed by atoms with van der Waals surface area (Å²) in [5.41, 5.74) is -0.789. The van der Waals surface area contributed by atoms with E-state index < -0.39 is 18.0 Å². The molecule has 24 heavy (non-hydrogen) atoms. The Morgan fingerprint density at radius 2 is 1.25 bits per heavy atom. The fraction of sp³-hybridized carbons (Fsp3) is 1.00. The van der Waals surface area contributed by atoms with Crippen LogP contribution in [-0.4, -0.2) is 44.4 Å². The highest BCUT2D eigenvalue weighted by atomic mass is 17.3. The van der Waals surface area contributed by atoms with Crippen LogP contribution in [0.5, 0.6) is 0 Å². The highest BCUT2D eigenvalue weighted by Crippen LogP contribution is 2.18. The highest BCUT2D eigenvalue weighted by molar-refractivity contribution is 4.62. The Balaban J connectivity index is 4.32. The minimum absolute atomic E-state index is 0.324. The van der Waals surface area contributed by atoms with Gasteiger partial charge in [-0.3, -0.25) is 0 Å². The summed E-state index contributed by atoms with van der Waals surface area (Å²) in [5.74, 6) is 0. The zero-order valence-corrected chi connectivity index (χ0v) is 16.2.